The summed E-state index contributed by atoms with van der Waals surface area (Å²) < 4.78 is -0.587. The molecule has 2 rings (SSSR count). The zero-order valence-corrected chi connectivity index (χ0v) is 13.0. The molecule has 17 heavy (non-hydrogen) atoms. The number of hydrogen-bond donors (Lipinski definition) is 0. The van der Waals surface area contributed by atoms with Gasteiger partial charge in [0.25, 0.3) is 0 Å². The van der Waals surface area contributed by atoms with Crippen molar-refractivity contribution in [3.63, 3.8) is 0 Å². The van der Waals surface area contributed by atoms with Crippen molar-refractivity contribution in [3.8, 4) is 0 Å². The molecule has 0 bridgehead atoms. The second-order valence-electron chi connectivity index (χ2n) is 5.71. The monoisotopic (exact) mass is 270 g/mol. The highest BCUT2D eigenvalue weighted by molar-refractivity contribution is 6.52. The molecule has 0 spiro atoms. The molecular formula is C15H20Cl2. The van der Waals surface area contributed by atoms with Gasteiger partial charge in [-0.3, -0.25) is 0 Å². The third-order valence-electron chi connectivity index (χ3n) is 4.81. The van der Waals surface area contributed by atoms with E-state index in [1.807, 2.05) is 0 Å². The molecule has 1 aromatic rings. The van der Waals surface area contributed by atoms with E-state index in [1.165, 1.54) is 33.4 Å². The van der Waals surface area contributed by atoms with Crippen LogP contribution in [0, 0.1) is 34.6 Å². The van der Waals surface area contributed by atoms with Crippen molar-refractivity contribution in [2.75, 3.05) is 0 Å². The fourth-order valence-electron chi connectivity index (χ4n) is 3.00. The maximum atomic E-state index is 6.34. The summed E-state index contributed by atoms with van der Waals surface area (Å²) in [4.78, 5) is 0. The normalized spacial score (nSPS) is 26.1. The van der Waals surface area contributed by atoms with Crippen molar-refractivity contribution in [3.05, 3.63) is 33.4 Å². The minimum atomic E-state index is -0.587. The van der Waals surface area contributed by atoms with Crippen LogP contribution < -0.4 is 0 Å². The van der Waals surface area contributed by atoms with E-state index in [2.05, 4.69) is 41.5 Å². The Kier molecular flexibility index (Phi) is 2.84. The topological polar surface area (TPSA) is 0 Å². The molecule has 1 aliphatic carbocycles. The minimum absolute atomic E-state index is 0.0759. The fraction of sp³-hybridized carbons (Fsp3) is 0.600. The highest BCUT2D eigenvalue weighted by Gasteiger charge is 2.64. The lowest BCUT2D eigenvalue weighted by atomic mass is 9.82. The SMILES string of the molecule is Cc1c(C)c(C)c(C2(C)CC2(Cl)Cl)c(C)c1C. The first-order valence-corrected chi connectivity index (χ1v) is 6.84. The molecule has 1 atom stereocenters. The minimum Gasteiger partial charge on any atom is -0.101 e. The van der Waals surface area contributed by atoms with Gasteiger partial charge in [0.15, 0.2) is 0 Å². The molecule has 2 heteroatoms. The molecule has 0 aromatic heterocycles. The predicted octanol–water partition coefficient (Wildman–Crippen LogP) is 5.06. The number of alkyl halides is 2. The Bertz CT molecular complexity index is 471. The van der Waals surface area contributed by atoms with Gasteiger partial charge in [-0.15, -0.1) is 23.2 Å². The smallest absolute Gasteiger partial charge is 0.101 e. The van der Waals surface area contributed by atoms with Crippen molar-refractivity contribution in [2.24, 2.45) is 0 Å². The Balaban J connectivity index is 2.73. The van der Waals surface area contributed by atoms with Crippen LogP contribution in [0.2, 0.25) is 0 Å². The van der Waals surface area contributed by atoms with Gasteiger partial charge in [0.2, 0.25) is 0 Å². The van der Waals surface area contributed by atoms with Gasteiger partial charge in [0.1, 0.15) is 4.33 Å². The van der Waals surface area contributed by atoms with Crippen molar-refractivity contribution < 1.29 is 0 Å². The molecule has 0 N–H and O–H groups in total. The molecule has 94 valence electrons. The van der Waals surface area contributed by atoms with E-state index >= 15 is 0 Å². The van der Waals surface area contributed by atoms with Crippen LogP contribution in [0.15, 0.2) is 0 Å². The van der Waals surface area contributed by atoms with Crippen LogP contribution in [0.5, 0.6) is 0 Å². The van der Waals surface area contributed by atoms with Gasteiger partial charge in [0.05, 0.1) is 0 Å². The summed E-state index contributed by atoms with van der Waals surface area (Å²) in [6.45, 7) is 13.1. The fourth-order valence-corrected chi connectivity index (χ4v) is 3.72. The zero-order valence-electron chi connectivity index (χ0n) is 11.5. The molecule has 1 saturated carbocycles. The van der Waals surface area contributed by atoms with Crippen molar-refractivity contribution in [1.82, 2.24) is 0 Å². The molecule has 0 aliphatic heterocycles. The van der Waals surface area contributed by atoms with E-state index in [0.29, 0.717) is 0 Å². The molecule has 0 radical (unpaired) electrons. The highest BCUT2D eigenvalue weighted by Crippen LogP contribution is 2.66. The average molecular weight is 271 g/mol. The van der Waals surface area contributed by atoms with Crippen molar-refractivity contribution >= 4 is 23.2 Å². The van der Waals surface area contributed by atoms with Gasteiger partial charge in [-0.05, 0) is 74.4 Å². The van der Waals surface area contributed by atoms with Crippen LogP contribution >= 0.6 is 23.2 Å². The van der Waals surface area contributed by atoms with Crippen LogP contribution in [0.3, 0.4) is 0 Å². The molecule has 1 fully saturated rings. The second-order valence-corrected chi connectivity index (χ2v) is 7.20. The summed E-state index contributed by atoms with van der Waals surface area (Å²) in [5.74, 6) is 0. The maximum absolute atomic E-state index is 6.34. The van der Waals surface area contributed by atoms with Crippen LogP contribution in [0.1, 0.15) is 46.7 Å². The van der Waals surface area contributed by atoms with E-state index in [0.717, 1.165) is 6.42 Å². The first kappa shape index (κ1) is 13.2. The average Bonchev–Trinajstić information content (AvgIpc) is 2.73. The van der Waals surface area contributed by atoms with Gasteiger partial charge < -0.3 is 0 Å². The first-order chi connectivity index (χ1) is 7.63. The van der Waals surface area contributed by atoms with E-state index < -0.39 is 4.33 Å². The standard InChI is InChI=1S/C15H20Cl2/c1-8-9(2)11(4)13(12(5)10(8)3)14(6)7-15(14,16)17/h7H2,1-6H3. The summed E-state index contributed by atoms with van der Waals surface area (Å²) in [7, 11) is 0. The lowest BCUT2D eigenvalue weighted by Crippen LogP contribution is -2.16. The first-order valence-electron chi connectivity index (χ1n) is 6.09. The van der Waals surface area contributed by atoms with Gasteiger partial charge in [-0.1, -0.05) is 6.92 Å². The molecule has 0 saturated heterocycles. The third kappa shape index (κ3) is 1.64. The third-order valence-corrected chi connectivity index (χ3v) is 5.91. The van der Waals surface area contributed by atoms with Crippen LogP contribution in [-0.4, -0.2) is 4.33 Å². The van der Waals surface area contributed by atoms with Gasteiger partial charge >= 0.3 is 0 Å². The Hall–Kier alpha value is -0.200. The Morgan fingerprint density at radius 1 is 0.765 bits per heavy atom. The Labute approximate surface area is 114 Å². The number of rotatable bonds is 1. The molecule has 0 amide bonds. The Morgan fingerprint density at radius 2 is 1.06 bits per heavy atom. The maximum Gasteiger partial charge on any atom is 0.128 e. The Morgan fingerprint density at radius 3 is 1.35 bits per heavy atom. The van der Waals surface area contributed by atoms with Gasteiger partial charge in [0, 0.05) is 5.41 Å². The summed E-state index contributed by atoms with van der Waals surface area (Å²) in [6, 6.07) is 0. The lowest BCUT2D eigenvalue weighted by molar-refractivity contribution is 0.753. The van der Waals surface area contributed by atoms with E-state index in [-0.39, 0.29) is 5.41 Å². The van der Waals surface area contributed by atoms with Crippen LogP contribution in [-0.2, 0) is 5.41 Å². The van der Waals surface area contributed by atoms with Crippen molar-refractivity contribution in [2.45, 2.75) is 57.7 Å². The predicted molar refractivity (Wildman–Crippen MR) is 76.5 cm³/mol. The molecular weight excluding hydrogens is 251 g/mol. The number of benzene rings is 1. The lowest BCUT2D eigenvalue weighted by Gasteiger charge is -2.24. The molecule has 0 heterocycles. The summed E-state index contributed by atoms with van der Waals surface area (Å²) in [5.41, 5.74) is 8.15. The van der Waals surface area contributed by atoms with Crippen molar-refractivity contribution in [1.29, 1.82) is 0 Å². The molecule has 1 aromatic carbocycles. The molecule has 1 unspecified atom stereocenters. The van der Waals surface area contributed by atoms with E-state index in [1.54, 1.807) is 0 Å². The van der Waals surface area contributed by atoms with Crippen LogP contribution in [0.4, 0.5) is 0 Å². The zero-order chi connectivity index (χ0) is 13.2. The van der Waals surface area contributed by atoms with Gasteiger partial charge in [-0.25, -0.2) is 0 Å². The van der Waals surface area contributed by atoms with Crippen LogP contribution in [0.25, 0.3) is 0 Å². The molecule has 0 nitrogen and oxygen atoms in total. The van der Waals surface area contributed by atoms with E-state index in [4.69, 9.17) is 23.2 Å². The number of halogens is 2. The summed E-state index contributed by atoms with van der Waals surface area (Å²) in [6.07, 6.45) is 0.854. The molecule has 1 aliphatic rings. The number of hydrogen-bond acceptors (Lipinski definition) is 0. The summed E-state index contributed by atoms with van der Waals surface area (Å²) in [5, 5.41) is 0. The largest absolute Gasteiger partial charge is 0.128 e. The summed E-state index contributed by atoms with van der Waals surface area (Å²) >= 11 is 12.7. The second kappa shape index (κ2) is 3.65. The van der Waals surface area contributed by atoms with E-state index in [9.17, 15) is 0 Å². The van der Waals surface area contributed by atoms with Gasteiger partial charge in [-0.2, -0.15) is 0 Å². The highest BCUT2D eigenvalue weighted by atomic mass is 35.5. The quantitative estimate of drug-likeness (QED) is 0.626.